The van der Waals surface area contributed by atoms with Crippen molar-refractivity contribution in [3.05, 3.63) is 41.6 Å². The van der Waals surface area contributed by atoms with E-state index < -0.39 is 6.10 Å². The van der Waals surface area contributed by atoms with Crippen LogP contribution in [0, 0.1) is 6.92 Å². The van der Waals surface area contributed by atoms with Gasteiger partial charge in [-0.05, 0) is 26.0 Å². The van der Waals surface area contributed by atoms with Gasteiger partial charge in [0, 0.05) is 11.9 Å². The van der Waals surface area contributed by atoms with Gasteiger partial charge >= 0.3 is 0 Å². The Labute approximate surface area is 106 Å². The lowest BCUT2D eigenvalue weighted by atomic mass is 10.1. The third-order valence-corrected chi connectivity index (χ3v) is 2.72. The number of aryl methyl sites for hydroxylation is 1. The van der Waals surface area contributed by atoms with Crippen LogP contribution in [0.15, 0.2) is 30.3 Å². The molecule has 0 aliphatic carbocycles. The van der Waals surface area contributed by atoms with Crippen molar-refractivity contribution in [2.45, 2.75) is 20.0 Å². The fourth-order valence-corrected chi connectivity index (χ4v) is 1.78. The number of benzene rings is 1. The Morgan fingerprint density at radius 2 is 2.17 bits per heavy atom. The van der Waals surface area contributed by atoms with E-state index >= 15 is 0 Å². The molecule has 1 heterocycles. The van der Waals surface area contributed by atoms with Gasteiger partial charge in [0.25, 0.3) is 5.91 Å². The van der Waals surface area contributed by atoms with Crippen LogP contribution in [0.5, 0.6) is 0 Å². The van der Waals surface area contributed by atoms with Gasteiger partial charge in [-0.1, -0.05) is 18.2 Å². The number of nitrogens with zero attached hydrogens (tertiary/aromatic N) is 1. The minimum absolute atomic E-state index is 0.202. The molecule has 18 heavy (non-hydrogen) atoms. The van der Waals surface area contributed by atoms with Gasteiger partial charge in [-0.25, -0.2) is 0 Å². The van der Waals surface area contributed by atoms with E-state index in [9.17, 15) is 4.79 Å². The number of fused-ring (bicyclic) bond motifs is 1. The van der Waals surface area contributed by atoms with Gasteiger partial charge in [-0.3, -0.25) is 9.78 Å². The number of aliphatic hydroxyl groups is 1. The second-order valence-electron chi connectivity index (χ2n) is 4.37. The molecule has 94 valence electrons. The Kier molecular flexibility index (Phi) is 3.58. The number of rotatable bonds is 3. The molecule has 1 aromatic carbocycles. The quantitative estimate of drug-likeness (QED) is 0.863. The molecule has 0 aliphatic rings. The summed E-state index contributed by atoms with van der Waals surface area (Å²) >= 11 is 0. The fraction of sp³-hybridized carbons (Fsp3) is 0.286. The third kappa shape index (κ3) is 2.65. The normalized spacial score (nSPS) is 12.4. The molecule has 1 unspecified atom stereocenters. The number of nitrogens with one attached hydrogen (secondary N) is 1. The number of para-hydroxylation sites is 1. The van der Waals surface area contributed by atoms with Gasteiger partial charge < -0.3 is 10.4 Å². The molecule has 1 amide bonds. The zero-order valence-corrected chi connectivity index (χ0v) is 10.5. The van der Waals surface area contributed by atoms with Crippen LogP contribution in [-0.2, 0) is 0 Å². The molecule has 4 nitrogen and oxygen atoms in total. The van der Waals surface area contributed by atoms with Gasteiger partial charge in [-0.2, -0.15) is 0 Å². The zero-order valence-electron chi connectivity index (χ0n) is 10.5. The first-order valence-corrected chi connectivity index (χ1v) is 5.90. The number of carbonyl (C=O) groups excluding carboxylic acids is 1. The molecule has 0 saturated carbocycles. The maximum atomic E-state index is 12.0. The van der Waals surface area contributed by atoms with E-state index in [2.05, 4.69) is 10.3 Å². The molecule has 1 atom stereocenters. The molecule has 0 fully saturated rings. The standard InChI is InChI=1S/C14H16N2O2/c1-9(17)8-15-14(18)12-7-11-5-3-4-6-13(11)16-10(12)2/h3-7,9,17H,8H2,1-2H3,(H,15,18). The van der Waals surface area contributed by atoms with E-state index in [0.29, 0.717) is 11.3 Å². The predicted molar refractivity (Wildman–Crippen MR) is 70.5 cm³/mol. The van der Waals surface area contributed by atoms with Gasteiger partial charge in [0.05, 0.1) is 22.9 Å². The van der Waals surface area contributed by atoms with Gasteiger partial charge in [0.1, 0.15) is 0 Å². The molecule has 0 saturated heterocycles. The van der Waals surface area contributed by atoms with Crippen LogP contribution in [0.4, 0.5) is 0 Å². The number of amides is 1. The van der Waals surface area contributed by atoms with Crippen molar-refractivity contribution in [2.24, 2.45) is 0 Å². The first-order valence-electron chi connectivity index (χ1n) is 5.90. The first-order chi connectivity index (χ1) is 8.58. The van der Waals surface area contributed by atoms with Crippen LogP contribution in [0.3, 0.4) is 0 Å². The van der Waals surface area contributed by atoms with Crippen molar-refractivity contribution in [3.8, 4) is 0 Å². The lowest BCUT2D eigenvalue weighted by Crippen LogP contribution is -2.31. The highest BCUT2D eigenvalue weighted by molar-refractivity contribution is 5.98. The summed E-state index contributed by atoms with van der Waals surface area (Å²) in [5, 5.41) is 12.8. The zero-order chi connectivity index (χ0) is 13.1. The Morgan fingerprint density at radius 3 is 2.89 bits per heavy atom. The minimum atomic E-state index is -0.553. The van der Waals surface area contributed by atoms with Crippen LogP contribution >= 0.6 is 0 Å². The smallest absolute Gasteiger partial charge is 0.253 e. The number of hydrogen-bond acceptors (Lipinski definition) is 3. The summed E-state index contributed by atoms with van der Waals surface area (Å²) in [7, 11) is 0. The van der Waals surface area contributed by atoms with Crippen molar-refractivity contribution in [2.75, 3.05) is 6.54 Å². The second kappa shape index (κ2) is 5.14. The number of hydrogen-bond donors (Lipinski definition) is 2. The van der Waals surface area contributed by atoms with Crippen molar-refractivity contribution < 1.29 is 9.90 Å². The average Bonchev–Trinajstić information content (AvgIpc) is 2.35. The van der Waals surface area contributed by atoms with E-state index in [4.69, 9.17) is 5.11 Å². The minimum Gasteiger partial charge on any atom is -0.392 e. The summed E-state index contributed by atoms with van der Waals surface area (Å²) < 4.78 is 0. The van der Waals surface area contributed by atoms with E-state index in [-0.39, 0.29) is 12.5 Å². The Balaban J connectivity index is 2.32. The molecular weight excluding hydrogens is 228 g/mol. The van der Waals surface area contributed by atoms with Crippen molar-refractivity contribution in [1.82, 2.24) is 10.3 Å². The van der Waals surface area contributed by atoms with Crippen molar-refractivity contribution >= 4 is 16.8 Å². The van der Waals surface area contributed by atoms with Crippen LogP contribution in [-0.4, -0.2) is 28.6 Å². The van der Waals surface area contributed by atoms with E-state index in [0.717, 1.165) is 10.9 Å². The molecule has 0 radical (unpaired) electrons. The average molecular weight is 244 g/mol. The molecule has 1 aromatic heterocycles. The Morgan fingerprint density at radius 1 is 1.44 bits per heavy atom. The number of carbonyl (C=O) groups is 1. The summed E-state index contributed by atoms with van der Waals surface area (Å²) in [5.74, 6) is -0.202. The highest BCUT2D eigenvalue weighted by Crippen LogP contribution is 2.16. The topological polar surface area (TPSA) is 62.2 Å². The molecule has 4 heteroatoms. The van der Waals surface area contributed by atoms with Gasteiger partial charge in [0.15, 0.2) is 0 Å². The molecule has 2 N–H and O–H groups in total. The molecule has 0 bridgehead atoms. The first kappa shape index (κ1) is 12.5. The van der Waals surface area contributed by atoms with Crippen LogP contribution in [0.1, 0.15) is 23.0 Å². The van der Waals surface area contributed by atoms with E-state index in [1.807, 2.05) is 37.3 Å². The largest absolute Gasteiger partial charge is 0.392 e. The van der Waals surface area contributed by atoms with Crippen LogP contribution < -0.4 is 5.32 Å². The molecule has 2 rings (SSSR count). The van der Waals surface area contributed by atoms with E-state index in [1.165, 1.54) is 0 Å². The predicted octanol–water partition coefficient (Wildman–Crippen LogP) is 1.65. The number of aliphatic hydroxyl groups excluding tert-OH is 1. The van der Waals surface area contributed by atoms with Gasteiger partial charge in [0.2, 0.25) is 0 Å². The maximum absolute atomic E-state index is 12.0. The highest BCUT2D eigenvalue weighted by Gasteiger charge is 2.11. The lowest BCUT2D eigenvalue weighted by Gasteiger charge is -2.09. The highest BCUT2D eigenvalue weighted by atomic mass is 16.3. The fourth-order valence-electron chi connectivity index (χ4n) is 1.78. The van der Waals surface area contributed by atoms with Crippen molar-refractivity contribution in [3.63, 3.8) is 0 Å². The monoisotopic (exact) mass is 244 g/mol. The number of pyridine rings is 1. The summed E-state index contributed by atoms with van der Waals surface area (Å²) in [6.45, 7) is 3.68. The van der Waals surface area contributed by atoms with Crippen LogP contribution in [0.2, 0.25) is 0 Å². The second-order valence-corrected chi connectivity index (χ2v) is 4.37. The van der Waals surface area contributed by atoms with Crippen molar-refractivity contribution in [1.29, 1.82) is 0 Å². The SMILES string of the molecule is Cc1nc2ccccc2cc1C(=O)NCC(C)O. The summed E-state index contributed by atoms with van der Waals surface area (Å²) in [6, 6.07) is 9.50. The van der Waals surface area contributed by atoms with Gasteiger partial charge in [-0.15, -0.1) is 0 Å². The molecular formula is C14H16N2O2. The molecule has 0 spiro atoms. The molecule has 0 aliphatic heterocycles. The third-order valence-electron chi connectivity index (χ3n) is 2.72. The maximum Gasteiger partial charge on any atom is 0.253 e. The number of aromatic nitrogens is 1. The Hall–Kier alpha value is -1.94. The summed E-state index contributed by atoms with van der Waals surface area (Å²) in [5.41, 5.74) is 2.12. The van der Waals surface area contributed by atoms with E-state index in [1.54, 1.807) is 6.92 Å². The summed E-state index contributed by atoms with van der Waals surface area (Å²) in [6.07, 6.45) is -0.553. The molecule has 2 aromatic rings. The Bertz CT molecular complexity index is 579. The summed E-state index contributed by atoms with van der Waals surface area (Å²) in [4.78, 5) is 16.4. The van der Waals surface area contributed by atoms with Crippen LogP contribution in [0.25, 0.3) is 10.9 Å². The lowest BCUT2D eigenvalue weighted by molar-refractivity contribution is 0.0923.